The van der Waals surface area contributed by atoms with Crippen LogP contribution in [0.5, 0.6) is 5.75 Å². The molecule has 0 aliphatic carbocycles. The lowest BCUT2D eigenvalue weighted by atomic mass is 9.77. The molecule has 0 saturated carbocycles. The second kappa shape index (κ2) is 6.15. The molecule has 1 heterocycles. The second-order valence-corrected chi connectivity index (χ2v) is 5.95. The van der Waals surface area contributed by atoms with Crippen molar-refractivity contribution in [3.8, 4) is 5.75 Å². The first kappa shape index (κ1) is 15.3. The van der Waals surface area contributed by atoms with E-state index in [1.165, 1.54) is 0 Å². The summed E-state index contributed by atoms with van der Waals surface area (Å²) < 4.78 is 11.7. The topological polar surface area (TPSA) is 38.7 Å². The molecule has 2 rings (SSSR count). The van der Waals surface area contributed by atoms with Crippen LogP contribution in [-0.4, -0.2) is 23.9 Å². The van der Waals surface area contributed by atoms with Gasteiger partial charge >= 0.3 is 0 Å². The maximum Gasteiger partial charge on any atom is 0.125 e. The average molecular weight is 278 g/mol. The predicted octanol–water partition coefficient (Wildman–Crippen LogP) is 3.64. The van der Waals surface area contributed by atoms with Crippen molar-refractivity contribution in [3.05, 3.63) is 29.8 Å². The molecule has 0 bridgehead atoms. The number of rotatable bonds is 5. The Morgan fingerprint density at radius 3 is 2.75 bits per heavy atom. The van der Waals surface area contributed by atoms with Crippen molar-refractivity contribution >= 4 is 0 Å². The Labute approximate surface area is 121 Å². The molecule has 1 aliphatic heterocycles. The van der Waals surface area contributed by atoms with Gasteiger partial charge in [-0.3, -0.25) is 0 Å². The molecular formula is C17H26O3. The van der Waals surface area contributed by atoms with E-state index in [-0.39, 0.29) is 5.60 Å². The van der Waals surface area contributed by atoms with Gasteiger partial charge in [0.15, 0.2) is 0 Å². The molecule has 3 heteroatoms. The molecule has 2 unspecified atom stereocenters. The Kier molecular flexibility index (Phi) is 4.71. The van der Waals surface area contributed by atoms with Crippen molar-refractivity contribution in [2.45, 2.75) is 57.7 Å². The Morgan fingerprint density at radius 2 is 2.05 bits per heavy atom. The lowest BCUT2D eigenvalue weighted by Gasteiger charge is -2.43. The maximum atomic E-state index is 11.1. The van der Waals surface area contributed by atoms with E-state index >= 15 is 0 Å². The summed E-state index contributed by atoms with van der Waals surface area (Å²) in [5.74, 6) is 0.803. The summed E-state index contributed by atoms with van der Waals surface area (Å²) in [4.78, 5) is 0. The van der Waals surface area contributed by atoms with Gasteiger partial charge in [0.2, 0.25) is 0 Å². The molecule has 1 aromatic carbocycles. The minimum Gasteiger partial charge on any atom is -0.493 e. The van der Waals surface area contributed by atoms with Crippen LogP contribution < -0.4 is 4.74 Å². The molecule has 1 aliphatic rings. The van der Waals surface area contributed by atoms with E-state index in [2.05, 4.69) is 20.8 Å². The maximum absolute atomic E-state index is 11.1. The zero-order valence-electron chi connectivity index (χ0n) is 12.8. The number of aliphatic hydroxyl groups is 1. The molecule has 0 amide bonds. The highest BCUT2D eigenvalue weighted by Gasteiger charge is 2.43. The molecule has 20 heavy (non-hydrogen) atoms. The Morgan fingerprint density at radius 1 is 1.30 bits per heavy atom. The van der Waals surface area contributed by atoms with Crippen LogP contribution in [0.15, 0.2) is 24.3 Å². The second-order valence-electron chi connectivity index (χ2n) is 5.95. The highest BCUT2D eigenvalue weighted by molar-refractivity contribution is 5.38. The summed E-state index contributed by atoms with van der Waals surface area (Å²) in [6.45, 7) is 7.52. The van der Waals surface area contributed by atoms with Crippen LogP contribution in [0.3, 0.4) is 0 Å². The normalized spacial score (nSPS) is 30.2. The van der Waals surface area contributed by atoms with E-state index in [0.29, 0.717) is 26.1 Å². The molecule has 1 saturated heterocycles. The fourth-order valence-corrected chi connectivity index (χ4v) is 2.87. The lowest BCUT2D eigenvalue weighted by molar-refractivity contribution is -0.158. The van der Waals surface area contributed by atoms with Crippen LogP contribution >= 0.6 is 0 Å². The van der Waals surface area contributed by atoms with E-state index in [4.69, 9.17) is 9.47 Å². The number of para-hydroxylation sites is 1. The van der Waals surface area contributed by atoms with E-state index in [1.54, 1.807) is 0 Å². The zero-order chi connectivity index (χ0) is 14.6. The molecule has 0 aromatic heterocycles. The van der Waals surface area contributed by atoms with Gasteiger partial charge in [0.1, 0.15) is 5.75 Å². The summed E-state index contributed by atoms with van der Waals surface area (Å²) in [5.41, 5.74) is -0.213. The van der Waals surface area contributed by atoms with Crippen LogP contribution in [0, 0.1) is 0 Å². The Hall–Kier alpha value is -1.06. The quantitative estimate of drug-likeness (QED) is 0.893. The van der Waals surface area contributed by atoms with Gasteiger partial charge in [-0.25, -0.2) is 0 Å². The summed E-state index contributed by atoms with van der Waals surface area (Å²) in [6.07, 6.45) is 3.09. The first-order valence-corrected chi connectivity index (χ1v) is 7.61. The Bertz CT molecular complexity index is 446. The standard InChI is InChI=1S/C17H26O3/c1-4-11-19-15-9-7-6-8-14(15)17(18)10-12-20-16(3,5-2)13-17/h6-9,18H,4-5,10-13H2,1-3H3. The van der Waals surface area contributed by atoms with Gasteiger partial charge in [0, 0.05) is 18.4 Å². The van der Waals surface area contributed by atoms with Gasteiger partial charge < -0.3 is 14.6 Å². The van der Waals surface area contributed by atoms with Crippen molar-refractivity contribution < 1.29 is 14.6 Å². The van der Waals surface area contributed by atoms with E-state index in [0.717, 1.165) is 24.2 Å². The van der Waals surface area contributed by atoms with Gasteiger partial charge in [-0.1, -0.05) is 32.0 Å². The largest absolute Gasteiger partial charge is 0.493 e. The van der Waals surface area contributed by atoms with Crippen molar-refractivity contribution in [2.24, 2.45) is 0 Å². The molecule has 112 valence electrons. The fourth-order valence-electron chi connectivity index (χ4n) is 2.87. The molecule has 0 radical (unpaired) electrons. The van der Waals surface area contributed by atoms with Crippen LogP contribution in [0.4, 0.5) is 0 Å². The predicted molar refractivity (Wildman–Crippen MR) is 80.0 cm³/mol. The number of ether oxygens (including phenoxy) is 2. The van der Waals surface area contributed by atoms with Gasteiger partial charge in [-0.05, 0) is 25.8 Å². The first-order chi connectivity index (χ1) is 9.53. The Balaban J connectivity index is 2.29. The lowest BCUT2D eigenvalue weighted by Crippen LogP contribution is -2.45. The van der Waals surface area contributed by atoms with E-state index in [9.17, 15) is 5.11 Å². The summed E-state index contributed by atoms with van der Waals surface area (Å²) in [7, 11) is 0. The summed E-state index contributed by atoms with van der Waals surface area (Å²) in [6, 6.07) is 7.84. The van der Waals surface area contributed by atoms with Gasteiger partial charge in [-0.2, -0.15) is 0 Å². The van der Waals surface area contributed by atoms with E-state index in [1.807, 2.05) is 24.3 Å². The van der Waals surface area contributed by atoms with Crippen molar-refractivity contribution in [1.82, 2.24) is 0 Å². The van der Waals surface area contributed by atoms with Gasteiger partial charge in [-0.15, -0.1) is 0 Å². The molecule has 1 N–H and O–H groups in total. The minimum absolute atomic E-state index is 0.259. The minimum atomic E-state index is -0.854. The number of benzene rings is 1. The molecule has 0 spiro atoms. The number of hydrogen-bond donors (Lipinski definition) is 1. The van der Waals surface area contributed by atoms with E-state index < -0.39 is 5.60 Å². The van der Waals surface area contributed by atoms with Gasteiger partial charge in [0.05, 0.1) is 24.4 Å². The summed E-state index contributed by atoms with van der Waals surface area (Å²) in [5, 5.41) is 11.1. The highest BCUT2D eigenvalue weighted by Crippen LogP contribution is 2.43. The third kappa shape index (κ3) is 3.15. The highest BCUT2D eigenvalue weighted by atomic mass is 16.5. The zero-order valence-corrected chi connectivity index (χ0v) is 12.8. The van der Waals surface area contributed by atoms with Crippen molar-refractivity contribution in [1.29, 1.82) is 0 Å². The molecular weight excluding hydrogens is 252 g/mol. The summed E-state index contributed by atoms with van der Waals surface area (Å²) >= 11 is 0. The number of hydrogen-bond acceptors (Lipinski definition) is 3. The van der Waals surface area contributed by atoms with Crippen LogP contribution in [-0.2, 0) is 10.3 Å². The van der Waals surface area contributed by atoms with Crippen LogP contribution in [0.2, 0.25) is 0 Å². The molecule has 2 atom stereocenters. The third-order valence-corrected chi connectivity index (χ3v) is 4.23. The van der Waals surface area contributed by atoms with Crippen LogP contribution in [0.1, 0.15) is 52.0 Å². The SMILES string of the molecule is CCCOc1ccccc1C1(O)CCOC(C)(CC)C1. The average Bonchev–Trinajstić information content (AvgIpc) is 2.45. The monoisotopic (exact) mass is 278 g/mol. The third-order valence-electron chi connectivity index (χ3n) is 4.23. The van der Waals surface area contributed by atoms with Crippen molar-refractivity contribution in [2.75, 3.05) is 13.2 Å². The smallest absolute Gasteiger partial charge is 0.125 e. The molecule has 1 fully saturated rings. The molecule has 1 aromatic rings. The first-order valence-electron chi connectivity index (χ1n) is 7.61. The van der Waals surface area contributed by atoms with Crippen molar-refractivity contribution in [3.63, 3.8) is 0 Å². The molecule has 3 nitrogen and oxygen atoms in total. The van der Waals surface area contributed by atoms with Gasteiger partial charge in [0.25, 0.3) is 0 Å². The van der Waals surface area contributed by atoms with Crippen LogP contribution in [0.25, 0.3) is 0 Å². The fraction of sp³-hybridized carbons (Fsp3) is 0.647.